The van der Waals surface area contributed by atoms with E-state index in [0.29, 0.717) is 45.6 Å². The van der Waals surface area contributed by atoms with Crippen LogP contribution in [0, 0.1) is 17.2 Å². The number of piperazine rings is 1. The topological polar surface area (TPSA) is 170 Å². The minimum absolute atomic E-state index is 0.0291. The van der Waals surface area contributed by atoms with E-state index in [0.717, 1.165) is 106 Å². The van der Waals surface area contributed by atoms with Gasteiger partial charge in [-0.15, -0.1) is 0 Å². The second-order valence-electron chi connectivity index (χ2n) is 16.2. The van der Waals surface area contributed by atoms with E-state index in [1.807, 2.05) is 6.07 Å². The number of amides is 3. The summed E-state index contributed by atoms with van der Waals surface area (Å²) in [6, 6.07) is 17.5. The number of hydrogen-bond donors (Lipinski definition) is 2. The van der Waals surface area contributed by atoms with Gasteiger partial charge in [0.2, 0.25) is 11.8 Å². The molecule has 15 heteroatoms. The normalized spacial score (nSPS) is 22.0. The summed E-state index contributed by atoms with van der Waals surface area (Å²) >= 11 is 6.16. The predicted molar refractivity (Wildman–Crippen MR) is 223 cm³/mol. The first-order valence-electron chi connectivity index (χ1n) is 20.7. The van der Waals surface area contributed by atoms with Crippen LogP contribution in [0.4, 0.5) is 11.5 Å². The van der Waals surface area contributed by atoms with Crippen LogP contribution in [0.15, 0.2) is 65.4 Å². The molecule has 3 saturated heterocycles. The third-order valence-electron chi connectivity index (χ3n) is 12.5. The third-order valence-corrected chi connectivity index (χ3v) is 12.8. The highest BCUT2D eigenvalue weighted by atomic mass is 35.5. The molecule has 3 amide bonds. The van der Waals surface area contributed by atoms with Crippen molar-refractivity contribution in [2.45, 2.75) is 69.4 Å². The zero-order valence-electron chi connectivity index (χ0n) is 32.7. The van der Waals surface area contributed by atoms with Gasteiger partial charge < -0.3 is 24.4 Å². The molecule has 3 aliphatic heterocycles. The van der Waals surface area contributed by atoms with Crippen LogP contribution >= 0.6 is 11.6 Å². The van der Waals surface area contributed by atoms with E-state index in [1.54, 1.807) is 30.6 Å². The maximum absolute atomic E-state index is 13.1. The molecule has 2 aromatic heterocycles. The second-order valence-corrected chi connectivity index (χ2v) is 16.6. The SMILES string of the molecule is N#Cc1ccc(OC2CCC(NC(=O)c3cnc(N4CCC(CN5CCN(c6cccc7c6ccc6onc(C8CCC(=O)NC8=O)c67)CC5)CC4)cn3)CC2)cc1Cl. The summed E-state index contributed by atoms with van der Waals surface area (Å²) in [7, 11) is 0. The lowest BCUT2D eigenvalue weighted by atomic mass is 9.91. The first-order chi connectivity index (χ1) is 28.8. The van der Waals surface area contributed by atoms with Gasteiger partial charge in [0.25, 0.3) is 5.91 Å². The number of nitriles is 1. The number of imide groups is 1. The molecule has 1 saturated carbocycles. The van der Waals surface area contributed by atoms with Crippen molar-refractivity contribution >= 4 is 62.6 Å². The van der Waals surface area contributed by atoms with Gasteiger partial charge >= 0.3 is 0 Å². The van der Waals surface area contributed by atoms with Crippen LogP contribution in [0.1, 0.15) is 79.0 Å². The summed E-state index contributed by atoms with van der Waals surface area (Å²) < 4.78 is 11.8. The molecule has 3 aromatic carbocycles. The van der Waals surface area contributed by atoms with Crippen molar-refractivity contribution in [2.24, 2.45) is 5.92 Å². The Kier molecular flexibility index (Phi) is 11.0. The van der Waals surface area contributed by atoms with E-state index < -0.39 is 5.92 Å². The van der Waals surface area contributed by atoms with E-state index in [9.17, 15) is 14.4 Å². The highest BCUT2D eigenvalue weighted by Crippen LogP contribution is 2.38. The number of carbonyl (C=O) groups is 3. The Morgan fingerprint density at radius 3 is 2.46 bits per heavy atom. The van der Waals surface area contributed by atoms with E-state index in [1.165, 1.54) is 5.69 Å². The highest BCUT2D eigenvalue weighted by molar-refractivity contribution is 6.31. The minimum Gasteiger partial charge on any atom is -0.490 e. The Morgan fingerprint density at radius 2 is 1.73 bits per heavy atom. The lowest BCUT2D eigenvalue weighted by Gasteiger charge is -2.40. The molecule has 1 unspecified atom stereocenters. The zero-order chi connectivity index (χ0) is 40.5. The molecular formula is C44H46ClN9O5. The van der Waals surface area contributed by atoms with Crippen molar-refractivity contribution in [3.05, 3.63) is 82.9 Å². The van der Waals surface area contributed by atoms with Gasteiger partial charge in [0, 0.05) is 75.4 Å². The van der Waals surface area contributed by atoms with Gasteiger partial charge in [0.05, 0.1) is 40.4 Å². The number of carbonyl (C=O) groups excluding carboxylic acids is 3. The quantitative estimate of drug-likeness (QED) is 0.167. The van der Waals surface area contributed by atoms with Crippen LogP contribution in [-0.2, 0) is 9.59 Å². The highest BCUT2D eigenvalue weighted by Gasteiger charge is 2.33. The van der Waals surface area contributed by atoms with Crippen LogP contribution in [0.5, 0.6) is 5.75 Å². The molecule has 59 heavy (non-hydrogen) atoms. The van der Waals surface area contributed by atoms with Gasteiger partial charge in [-0.1, -0.05) is 28.9 Å². The van der Waals surface area contributed by atoms with Gasteiger partial charge in [-0.25, -0.2) is 9.97 Å². The number of hydrogen-bond acceptors (Lipinski definition) is 12. The summed E-state index contributed by atoms with van der Waals surface area (Å²) in [5, 5.41) is 22.3. The molecule has 0 spiro atoms. The van der Waals surface area contributed by atoms with Crippen LogP contribution < -0.4 is 25.2 Å². The molecule has 0 bridgehead atoms. The average molecular weight is 816 g/mol. The van der Waals surface area contributed by atoms with Crippen molar-refractivity contribution in [1.82, 2.24) is 30.7 Å². The second kappa shape index (κ2) is 16.8. The third kappa shape index (κ3) is 8.27. The zero-order valence-corrected chi connectivity index (χ0v) is 33.5. The number of benzene rings is 3. The van der Waals surface area contributed by atoms with Crippen LogP contribution in [0.3, 0.4) is 0 Å². The first kappa shape index (κ1) is 38.7. The van der Waals surface area contributed by atoms with E-state index in [4.69, 9.17) is 26.1 Å². The maximum Gasteiger partial charge on any atom is 0.271 e. The number of nitrogens with one attached hydrogen (secondary N) is 2. The van der Waals surface area contributed by atoms with Crippen LogP contribution in [-0.4, -0.2) is 95.7 Å². The maximum atomic E-state index is 13.1. The molecule has 304 valence electrons. The molecule has 1 atom stereocenters. The number of fused-ring (bicyclic) bond motifs is 3. The van der Waals surface area contributed by atoms with Gasteiger partial charge in [-0.2, -0.15) is 5.26 Å². The van der Waals surface area contributed by atoms with Crippen LogP contribution in [0.2, 0.25) is 5.02 Å². The van der Waals surface area contributed by atoms with Gasteiger partial charge in [-0.3, -0.25) is 24.6 Å². The average Bonchev–Trinajstić information content (AvgIpc) is 3.69. The number of aromatic nitrogens is 3. The van der Waals surface area contributed by atoms with Crippen molar-refractivity contribution in [1.29, 1.82) is 5.26 Å². The molecule has 14 nitrogen and oxygen atoms in total. The number of rotatable bonds is 9. The number of ether oxygens (including phenoxy) is 1. The molecule has 5 aromatic rings. The predicted octanol–water partition coefficient (Wildman–Crippen LogP) is 5.97. The Balaban J connectivity index is 0.729. The fourth-order valence-electron chi connectivity index (χ4n) is 9.19. The summed E-state index contributed by atoms with van der Waals surface area (Å²) in [6.07, 6.45) is 9.39. The standard InChI is InChI=1S/C44H46ClN9O5/c45-35-22-31(7-4-28(35)23-46)58-30-8-5-29(6-9-30)49-44(57)36-24-48-39(25-47-36)54-16-14-27(15-17-54)26-52-18-20-53(21-19-52)37-3-1-2-33-32(37)10-12-38-41(33)42(51-59-38)34-11-13-40(55)50-43(34)56/h1-4,7,10,12,22,24-25,27,29-30,34H,5-6,8-9,11,13-21,26H2,(H,49,57)(H,50,55,56). The number of anilines is 2. The molecule has 4 aliphatic rings. The molecular weight excluding hydrogens is 770 g/mol. The van der Waals surface area contributed by atoms with Gasteiger partial charge in [0.15, 0.2) is 5.58 Å². The summed E-state index contributed by atoms with van der Waals surface area (Å²) in [5.41, 5.74) is 3.15. The summed E-state index contributed by atoms with van der Waals surface area (Å²) in [6.45, 7) is 6.66. The Bertz CT molecular complexity index is 2410. The number of piperidine rings is 2. The largest absolute Gasteiger partial charge is 0.490 e. The van der Waals surface area contributed by atoms with E-state index in [2.05, 4.69) is 70.8 Å². The lowest BCUT2D eigenvalue weighted by Crippen LogP contribution is -2.49. The van der Waals surface area contributed by atoms with Crippen molar-refractivity contribution in [2.75, 3.05) is 55.6 Å². The van der Waals surface area contributed by atoms with E-state index >= 15 is 0 Å². The molecule has 4 fully saturated rings. The van der Waals surface area contributed by atoms with Crippen molar-refractivity contribution in [3.8, 4) is 11.8 Å². The minimum atomic E-state index is -0.515. The first-order valence-corrected chi connectivity index (χ1v) is 21.0. The molecule has 2 N–H and O–H groups in total. The lowest BCUT2D eigenvalue weighted by molar-refractivity contribution is -0.134. The summed E-state index contributed by atoms with van der Waals surface area (Å²) in [5.74, 6) is 0.764. The Labute approximate surface area is 346 Å². The smallest absolute Gasteiger partial charge is 0.271 e. The fourth-order valence-corrected chi connectivity index (χ4v) is 9.41. The molecule has 5 heterocycles. The van der Waals surface area contributed by atoms with Crippen molar-refractivity contribution in [3.63, 3.8) is 0 Å². The monoisotopic (exact) mass is 815 g/mol. The molecule has 1 aliphatic carbocycles. The van der Waals surface area contributed by atoms with Gasteiger partial charge in [0.1, 0.15) is 29.0 Å². The number of nitrogens with zero attached hydrogens (tertiary/aromatic N) is 7. The van der Waals surface area contributed by atoms with Crippen LogP contribution in [0.25, 0.3) is 21.7 Å². The molecule has 0 radical (unpaired) electrons. The van der Waals surface area contributed by atoms with Crippen molar-refractivity contribution < 1.29 is 23.6 Å². The number of halogens is 1. The fraction of sp³-hybridized carbons (Fsp3) is 0.432. The molecule has 9 rings (SSSR count). The van der Waals surface area contributed by atoms with Gasteiger partial charge in [-0.05, 0) is 86.6 Å². The van der Waals surface area contributed by atoms with E-state index in [-0.39, 0.29) is 36.3 Å². The Morgan fingerprint density at radius 1 is 0.915 bits per heavy atom. The Hall–Kier alpha value is -5.78. The summed E-state index contributed by atoms with van der Waals surface area (Å²) in [4.78, 5) is 54.0.